The van der Waals surface area contributed by atoms with Crippen LogP contribution >= 0.6 is 0 Å². The van der Waals surface area contributed by atoms with E-state index in [9.17, 15) is 4.79 Å². The standard InChI is InChI=1S/C13H14N2O4/c1-17-11-4-2-3-5-12(11)19-8-13(16)14-6-10-7-18-9-15-10/h2-5,7,9H,6,8H2,1H3,(H,14,16). The maximum absolute atomic E-state index is 11.6. The third-order valence-electron chi connectivity index (χ3n) is 2.38. The average Bonchev–Trinajstić information content (AvgIpc) is 2.96. The van der Waals surface area contributed by atoms with Crippen molar-refractivity contribution in [1.82, 2.24) is 10.3 Å². The zero-order valence-electron chi connectivity index (χ0n) is 10.5. The number of carbonyl (C=O) groups is 1. The molecule has 2 aromatic rings. The third kappa shape index (κ3) is 3.74. The lowest BCUT2D eigenvalue weighted by atomic mass is 10.3. The number of para-hydroxylation sites is 2. The fourth-order valence-electron chi connectivity index (χ4n) is 1.45. The largest absolute Gasteiger partial charge is 0.493 e. The van der Waals surface area contributed by atoms with Crippen LogP contribution in [0.5, 0.6) is 11.5 Å². The number of benzene rings is 1. The van der Waals surface area contributed by atoms with Gasteiger partial charge in [-0.05, 0) is 12.1 Å². The molecule has 1 aromatic carbocycles. The minimum Gasteiger partial charge on any atom is -0.493 e. The summed E-state index contributed by atoms with van der Waals surface area (Å²) in [5, 5.41) is 2.67. The molecule has 1 aromatic heterocycles. The van der Waals surface area contributed by atoms with Crippen molar-refractivity contribution in [3.05, 3.63) is 42.6 Å². The third-order valence-corrected chi connectivity index (χ3v) is 2.38. The predicted molar refractivity (Wildman–Crippen MR) is 66.8 cm³/mol. The molecule has 0 aliphatic carbocycles. The van der Waals surface area contributed by atoms with Crippen LogP contribution < -0.4 is 14.8 Å². The molecule has 0 spiro atoms. The average molecular weight is 262 g/mol. The molecule has 19 heavy (non-hydrogen) atoms. The van der Waals surface area contributed by atoms with Crippen LogP contribution in [-0.4, -0.2) is 24.6 Å². The summed E-state index contributed by atoms with van der Waals surface area (Å²) in [5.74, 6) is 0.877. The Bertz CT molecular complexity index is 525. The Morgan fingerprint density at radius 2 is 2.16 bits per heavy atom. The molecule has 0 radical (unpaired) electrons. The van der Waals surface area contributed by atoms with E-state index in [0.717, 1.165) is 0 Å². The first kappa shape index (κ1) is 12.9. The zero-order valence-corrected chi connectivity index (χ0v) is 10.5. The summed E-state index contributed by atoms with van der Waals surface area (Å²) in [5.41, 5.74) is 0.658. The molecule has 0 aliphatic heterocycles. The monoisotopic (exact) mass is 262 g/mol. The second-order valence-electron chi connectivity index (χ2n) is 3.70. The molecule has 0 atom stereocenters. The maximum atomic E-state index is 11.6. The second kappa shape index (κ2) is 6.44. The van der Waals surface area contributed by atoms with Crippen molar-refractivity contribution in [1.29, 1.82) is 0 Å². The number of rotatable bonds is 6. The molecule has 0 bridgehead atoms. The molecule has 1 amide bonds. The highest BCUT2D eigenvalue weighted by atomic mass is 16.5. The van der Waals surface area contributed by atoms with E-state index in [1.807, 2.05) is 12.1 Å². The first-order chi connectivity index (χ1) is 9.29. The number of ether oxygens (including phenoxy) is 2. The Labute approximate surface area is 110 Å². The predicted octanol–water partition coefficient (Wildman–Crippen LogP) is 1.38. The lowest BCUT2D eigenvalue weighted by molar-refractivity contribution is -0.123. The van der Waals surface area contributed by atoms with Gasteiger partial charge in [0.1, 0.15) is 6.26 Å². The van der Waals surface area contributed by atoms with Gasteiger partial charge < -0.3 is 19.2 Å². The Morgan fingerprint density at radius 3 is 2.84 bits per heavy atom. The number of nitrogens with one attached hydrogen (secondary N) is 1. The molecule has 6 heteroatoms. The number of methoxy groups -OCH3 is 1. The molecule has 0 fully saturated rings. The van der Waals surface area contributed by atoms with Crippen LogP contribution in [0.15, 0.2) is 41.3 Å². The Kier molecular flexibility index (Phi) is 4.39. The van der Waals surface area contributed by atoms with E-state index in [4.69, 9.17) is 13.9 Å². The van der Waals surface area contributed by atoms with Crippen molar-refractivity contribution in [2.24, 2.45) is 0 Å². The molecule has 0 aliphatic rings. The molecule has 100 valence electrons. The van der Waals surface area contributed by atoms with Gasteiger partial charge in [-0.2, -0.15) is 0 Å². The van der Waals surface area contributed by atoms with Gasteiger partial charge in [0.2, 0.25) is 0 Å². The van der Waals surface area contributed by atoms with Crippen molar-refractivity contribution in [3.8, 4) is 11.5 Å². The van der Waals surface area contributed by atoms with Gasteiger partial charge in [-0.3, -0.25) is 4.79 Å². The van der Waals surface area contributed by atoms with Gasteiger partial charge >= 0.3 is 0 Å². The van der Waals surface area contributed by atoms with E-state index < -0.39 is 0 Å². The molecule has 0 unspecified atom stereocenters. The van der Waals surface area contributed by atoms with Gasteiger partial charge in [0, 0.05) is 0 Å². The topological polar surface area (TPSA) is 73.6 Å². The fraction of sp³-hybridized carbons (Fsp3) is 0.231. The van der Waals surface area contributed by atoms with Gasteiger partial charge in [-0.15, -0.1) is 0 Å². The molecule has 2 rings (SSSR count). The van der Waals surface area contributed by atoms with Crippen LogP contribution in [0.2, 0.25) is 0 Å². The number of amides is 1. The first-order valence-corrected chi connectivity index (χ1v) is 5.69. The SMILES string of the molecule is COc1ccccc1OCC(=O)NCc1cocn1. The van der Waals surface area contributed by atoms with Gasteiger partial charge in [0.05, 0.1) is 19.3 Å². The highest BCUT2D eigenvalue weighted by Crippen LogP contribution is 2.25. The lowest BCUT2D eigenvalue weighted by Crippen LogP contribution is -2.28. The smallest absolute Gasteiger partial charge is 0.258 e. The maximum Gasteiger partial charge on any atom is 0.258 e. The number of nitrogens with zero attached hydrogens (tertiary/aromatic N) is 1. The molecule has 0 saturated carbocycles. The van der Waals surface area contributed by atoms with Crippen LogP contribution in [0.3, 0.4) is 0 Å². The molecular weight excluding hydrogens is 248 g/mol. The van der Waals surface area contributed by atoms with Crippen molar-refractivity contribution in [2.75, 3.05) is 13.7 Å². The van der Waals surface area contributed by atoms with E-state index >= 15 is 0 Å². The lowest BCUT2D eigenvalue weighted by Gasteiger charge is -2.09. The van der Waals surface area contributed by atoms with Gasteiger partial charge in [0.15, 0.2) is 24.5 Å². The van der Waals surface area contributed by atoms with Crippen LogP contribution in [0.25, 0.3) is 0 Å². The first-order valence-electron chi connectivity index (χ1n) is 5.69. The summed E-state index contributed by atoms with van der Waals surface area (Å²) < 4.78 is 15.3. The number of hydrogen-bond acceptors (Lipinski definition) is 5. The Morgan fingerprint density at radius 1 is 1.37 bits per heavy atom. The number of carbonyl (C=O) groups excluding carboxylic acids is 1. The summed E-state index contributed by atoms with van der Waals surface area (Å²) in [6.45, 7) is 0.225. The van der Waals surface area contributed by atoms with E-state index in [2.05, 4.69) is 10.3 Å². The summed E-state index contributed by atoms with van der Waals surface area (Å²) in [6.07, 6.45) is 2.79. The quantitative estimate of drug-likeness (QED) is 0.851. The van der Waals surface area contributed by atoms with Gasteiger partial charge in [-0.25, -0.2) is 4.98 Å². The minimum absolute atomic E-state index is 0.0851. The summed E-state index contributed by atoms with van der Waals surface area (Å²) in [6, 6.07) is 7.15. The number of oxazole rings is 1. The summed E-state index contributed by atoms with van der Waals surface area (Å²) >= 11 is 0. The van der Waals surface area contributed by atoms with Crippen molar-refractivity contribution in [2.45, 2.75) is 6.54 Å². The number of aromatic nitrogens is 1. The molecule has 1 heterocycles. The van der Waals surface area contributed by atoms with E-state index in [-0.39, 0.29) is 12.5 Å². The van der Waals surface area contributed by atoms with Crippen molar-refractivity contribution in [3.63, 3.8) is 0 Å². The van der Waals surface area contributed by atoms with Crippen molar-refractivity contribution < 1.29 is 18.7 Å². The second-order valence-corrected chi connectivity index (χ2v) is 3.70. The van der Waals surface area contributed by atoms with E-state index in [1.54, 1.807) is 19.2 Å². The van der Waals surface area contributed by atoms with E-state index in [1.165, 1.54) is 12.7 Å². The molecular formula is C13H14N2O4. The summed E-state index contributed by atoms with van der Waals surface area (Å²) in [4.78, 5) is 15.5. The molecule has 0 saturated heterocycles. The zero-order chi connectivity index (χ0) is 13.5. The van der Waals surface area contributed by atoms with Crippen LogP contribution in [-0.2, 0) is 11.3 Å². The Hall–Kier alpha value is -2.50. The number of hydrogen-bond donors (Lipinski definition) is 1. The molecule has 1 N–H and O–H groups in total. The van der Waals surface area contributed by atoms with Gasteiger partial charge in [-0.1, -0.05) is 12.1 Å². The molecule has 6 nitrogen and oxygen atoms in total. The van der Waals surface area contributed by atoms with Crippen LogP contribution in [0.4, 0.5) is 0 Å². The fourth-order valence-corrected chi connectivity index (χ4v) is 1.45. The van der Waals surface area contributed by atoms with Crippen LogP contribution in [0, 0.1) is 0 Å². The van der Waals surface area contributed by atoms with E-state index in [0.29, 0.717) is 23.7 Å². The van der Waals surface area contributed by atoms with Gasteiger partial charge in [0.25, 0.3) is 5.91 Å². The highest BCUT2D eigenvalue weighted by molar-refractivity contribution is 5.77. The Balaban J connectivity index is 1.80. The normalized spacial score (nSPS) is 9.95. The minimum atomic E-state index is -0.242. The highest BCUT2D eigenvalue weighted by Gasteiger charge is 2.07. The summed E-state index contributed by atoms with van der Waals surface area (Å²) in [7, 11) is 1.55. The van der Waals surface area contributed by atoms with Crippen LogP contribution in [0.1, 0.15) is 5.69 Å². The van der Waals surface area contributed by atoms with Crippen molar-refractivity contribution >= 4 is 5.91 Å².